The number of fused-ring (bicyclic) bond motifs is 3. The van der Waals surface area contributed by atoms with E-state index in [-0.39, 0.29) is 11.6 Å². The van der Waals surface area contributed by atoms with Crippen molar-refractivity contribution in [1.29, 1.82) is 0 Å². The fraction of sp³-hybridized carbons (Fsp3) is 0.474. The summed E-state index contributed by atoms with van der Waals surface area (Å²) in [7, 11) is 2.05. The van der Waals surface area contributed by atoms with Gasteiger partial charge in [0.15, 0.2) is 0 Å². The molecule has 0 aromatic carbocycles. The first-order valence-electron chi connectivity index (χ1n) is 8.91. The van der Waals surface area contributed by atoms with Crippen LogP contribution in [0.15, 0.2) is 16.9 Å². The molecule has 4 nitrogen and oxygen atoms in total. The minimum absolute atomic E-state index is 0.0106. The van der Waals surface area contributed by atoms with Crippen LogP contribution >= 0.6 is 34.3 Å². The number of thiophene rings is 2. The number of nitrogens with one attached hydrogen (secondary N) is 1. The average molecular weight is 408 g/mol. The van der Waals surface area contributed by atoms with Crippen LogP contribution in [0.1, 0.15) is 47.5 Å². The highest BCUT2D eigenvalue weighted by atomic mass is 35.5. The molecule has 0 spiro atoms. The lowest BCUT2D eigenvalue weighted by atomic mass is 9.89. The predicted molar refractivity (Wildman–Crippen MR) is 111 cm³/mol. The van der Waals surface area contributed by atoms with E-state index in [0.29, 0.717) is 5.92 Å². The number of aromatic amines is 1. The zero-order valence-corrected chi connectivity index (χ0v) is 17.5. The summed E-state index contributed by atoms with van der Waals surface area (Å²) in [5, 5.41) is 0.820. The standard InChI is InChI=1S/C19H22ClN3OS2/c1-10-4-6-13-14(8-10)26-19-16(13)18(24)21-17(22-19)11(2)23(3)9-12-5-7-15(20)25-12/h5,7,10-11H,4,6,8-9H2,1-3H3,(H,21,22,24)/t10-,11-/m1/s1. The highest BCUT2D eigenvalue weighted by Crippen LogP contribution is 2.36. The van der Waals surface area contributed by atoms with Crippen molar-refractivity contribution in [3.63, 3.8) is 0 Å². The van der Waals surface area contributed by atoms with E-state index in [1.165, 1.54) is 15.3 Å². The molecule has 0 fully saturated rings. The second-order valence-electron chi connectivity index (χ2n) is 7.28. The molecule has 3 heterocycles. The fourth-order valence-electron chi connectivity index (χ4n) is 3.59. The molecule has 0 saturated heterocycles. The van der Waals surface area contributed by atoms with Crippen molar-refractivity contribution >= 4 is 44.5 Å². The number of rotatable bonds is 4. The van der Waals surface area contributed by atoms with E-state index in [4.69, 9.17) is 16.6 Å². The van der Waals surface area contributed by atoms with E-state index in [9.17, 15) is 4.79 Å². The number of H-pyrrole nitrogens is 1. The molecule has 0 amide bonds. The summed E-state index contributed by atoms with van der Waals surface area (Å²) < 4.78 is 0.799. The van der Waals surface area contributed by atoms with Gasteiger partial charge in [-0.15, -0.1) is 22.7 Å². The Balaban J connectivity index is 1.65. The highest BCUT2D eigenvalue weighted by Gasteiger charge is 2.24. The summed E-state index contributed by atoms with van der Waals surface area (Å²) in [6, 6.07) is 3.99. The second-order valence-corrected chi connectivity index (χ2v) is 10.2. The average Bonchev–Trinajstić information content (AvgIpc) is 3.16. The van der Waals surface area contributed by atoms with E-state index >= 15 is 0 Å². The van der Waals surface area contributed by atoms with E-state index in [1.54, 1.807) is 22.7 Å². The summed E-state index contributed by atoms with van der Waals surface area (Å²) in [5.74, 6) is 1.43. The molecule has 2 atom stereocenters. The van der Waals surface area contributed by atoms with Crippen molar-refractivity contribution in [3.8, 4) is 0 Å². The number of halogens is 1. The van der Waals surface area contributed by atoms with Crippen LogP contribution in [0.3, 0.4) is 0 Å². The monoisotopic (exact) mass is 407 g/mol. The molecule has 7 heteroatoms. The lowest BCUT2D eigenvalue weighted by Gasteiger charge is -2.23. The topological polar surface area (TPSA) is 49.0 Å². The van der Waals surface area contributed by atoms with Crippen LogP contribution in [0, 0.1) is 5.92 Å². The van der Waals surface area contributed by atoms with Gasteiger partial charge in [0.1, 0.15) is 10.7 Å². The molecule has 4 rings (SSSR count). The van der Waals surface area contributed by atoms with Gasteiger partial charge in [0.25, 0.3) is 5.56 Å². The number of nitrogens with zero attached hydrogens (tertiary/aromatic N) is 2. The molecule has 1 aliphatic carbocycles. The minimum atomic E-state index is 0.0106. The maximum absolute atomic E-state index is 12.8. The molecule has 1 aliphatic rings. The fourth-order valence-corrected chi connectivity index (χ4v) is 6.13. The largest absolute Gasteiger partial charge is 0.309 e. The molecule has 26 heavy (non-hydrogen) atoms. The van der Waals surface area contributed by atoms with Crippen LogP contribution in [-0.4, -0.2) is 21.9 Å². The van der Waals surface area contributed by atoms with Gasteiger partial charge in [-0.25, -0.2) is 4.98 Å². The third kappa shape index (κ3) is 3.36. The van der Waals surface area contributed by atoms with Gasteiger partial charge in [0, 0.05) is 16.3 Å². The molecule has 0 aliphatic heterocycles. The van der Waals surface area contributed by atoms with Crippen molar-refractivity contribution in [2.75, 3.05) is 7.05 Å². The van der Waals surface area contributed by atoms with Gasteiger partial charge in [0.2, 0.25) is 0 Å². The van der Waals surface area contributed by atoms with Gasteiger partial charge >= 0.3 is 0 Å². The van der Waals surface area contributed by atoms with Gasteiger partial charge in [-0.3, -0.25) is 9.69 Å². The Bertz CT molecular complexity index is 1010. The van der Waals surface area contributed by atoms with Crippen LogP contribution in [0.5, 0.6) is 0 Å². The zero-order chi connectivity index (χ0) is 18.4. The van der Waals surface area contributed by atoms with E-state index in [1.807, 2.05) is 19.2 Å². The molecule has 138 valence electrons. The van der Waals surface area contributed by atoms with Crippen LogP contribution < -0.4 is 5.56 Å². The summed E-state index contributed by atoms with van der Waals surface area (Å²) in [4.78, 5) is 26.3. The van der Waals surface area contributed by atoms with Gasteiger partial charge in [-0.2, -0.15) is 0 Å². The van der Waals surface area contributed by atoms with Crippen molar-refractivity contribution in [2.45, 2.75) is 45.7 Å². The molecule has 1 N–H and O–H groups in total. The third-order valence-electron chi connectivity index (χ3n) is 5.27. The van der Waals surface area contributed by atoms with Crippen LogP contribution in [0.2, 0.25) is 4.34 Å². The lowest BCUT2D eigenvalue weighted by Crippen LogP contribution is -2.25. The first kappa shape index (κ1) is 18.2. The Labute approximate surface area is 165 Å². The van der Waals surface area contributed by atoms with Crippen molar-refractivity contribution in [2.24, 2.45) is 5.92 Å². The van der Waals surface area contributed by atoms with Gasteiger partial charge in [-0.1, -0.05) is 18.5 Å². The molecule has 0 bridgehead atoms. The van der Waals surface area contributed by atoms with Gasteiger partial charge in [0.05, 0.1) is 15.8 Å². The Morgan fingerprint density at radius 3 is 2.96 bits per heavy atom. The Morgan fingerprint density at radius 1 is 1.42 bits per heavy atom. The molecule has 0 unspecified atom stereocenters. The zero-order valence-electron chi connectivity index (χ0n) is 15.1. The predicted octanol–water partition coefficient (Wildman–Crippen LogP) is 5.02. The van der Waals surface area contributed by atoms with E-state index < -0.39 is 0 Å². The van der Waals surface area contributed by atoms with Crippen molar-refractivity contribution in [1.82, 2.24) is 14.9 Å². The maximum Gasteiger partial charge on any atom is 0.259 e. The number of hydrogen-bond acceptors (Lipinski definition) is 5. The molecular weight excluding hydrogens is 386 g/mol. The molecule has 0 saturated carbocycles. The Hall–Kier alpha value is -1.21. The quantitative estimate of drug-likeness (QED) is 0.660. The summed E-state index contributed by atoms with van der Waals surface area (Å²) >= 11 is 9.32. The Morgan fingerprint density at radius 2 is 2.23 bits per heavy atom. The number of aromatic nitrogens is 2. The molecular formula is C19H22ClN3OS2. The van der Waals surface area contributed by atoms with Crippen molar-refractivity contribution < 1.29 is 0 Å². The maximum atomic E-state index is 12.8. The highest BCUT2D eigenvalue weighted by molar-refractivity contribution is 7.18. The normalized spacial score (nSPS) is 18.4. The van der Waals surface area contributed by atoms with Gasteiger partial charge in [-0.05, 0) is 56.8 Å². The molecule has 3 aromatic rings. The van der Waals surface area contributed by atoms with Gasteiger partial charge < -0.3 is 4.98 Å². The second kappa shape index (κ2) is 7.08. The van der Waals surface area contributed by atoms with E-state index in [2.05, 4.69) is 23.7 Å². The third-order valence-corrected chi connectivity index (χ3v) is 7.64. The first-order valence-corrected chi connectivity index (χ1v) is 10.9. The van der Waals surface area contributed by atoms with Crippen molar-refractivity contribution in [3.05, 3.63) is 48.0 Å². The van der Waals surface area contributed by atoms with E-state index in [0.717, 1.165) is 46.2 Å². The van der Waals surface area contributed by atoms with Crippen LogP contribution in [0.25, 0.3) is 10.2 Å². The molecule has 3 aromatic heterocycles. The number of aryl methyl sites for hydroxylation is 1. The van der Waals surface area contributed by atoms with Crippen LogP contribution in [0.4, 0.5) is 0 Å². The minimum Gasteiger partial charge on any atom is -0.309 e. The lowest BCUT2D eigenvalue weighted by molar-refractivity contribution is 0.246. The summed E-state index contributed by atoms with van der Waals surface area (Å²) in [6.45, 7) is 5.14. The smallest absolute Gasteiger partial charge is 0.259 e. The first-order chi connectivity index (χ1) is 12.4. The SMILES string of the molecule is C[C@@H]1CCc2c(sc3nc([C@@H](C)N(C)Cc4ccc(Cl)s4)[nH]c(=O)c23)C1. The summed E-state index contributed by atoms with van der Waals surface area (Å²) in [5.41, 5.74) is 1.24. The molecule has 0 radical (unpaired) electrons. The number of hydrogen-bond donors (Lipinski definition) is 1. The van der Waals surface area contributed by atoms with Crippen LogP contribution in [-0.2, 0) is 19.4 Å². The summed E-state index contributed by atoms with van der Waals surface area (Å²) in [6.07, 6.45) is 3.22. The Kier molecular flexibility index (Phi) is 4.94.